The van der Waals surface area contributed by atoms with Crippen molar-refractivity contribution in [1.82, 2.24) is 10.2 Å². The third-order valence-corrected chi connectivity index (χ3v) is 6.68. The van der Waals surface area contributed by atoms with Gasteiger partial charge in [-0.2, -0.15) is 10.2 Å². The Labute approximate surface area is 151 Å². The molecule has 1 aliphatic carbocycles. The lowest BCUT2D eigenvalue weighted by atomic mass is 10.0. The smallest absolute Gasteiger partial charge is 0.208 e. The minimum absolute atomic E-state index is 0.221. The Bertz CT molecular complexity index is 1270. The molecule has 26 heavy (non-hydrogen) atoms. The Morgan fingerprint density at radius 1 is 0.808 bits per heavy atom. The van der Waals surface area contributed by atoms with Gasteiger partial charge in [-0.3, -0.25) is 0 Å². The molecule has 0 atom stereocenters. The highest BCUT2D eigenvalue weighted by molar-refractivity contribution is 7.91. The standard InChI is InChI=1S/C21H14N2O2S/c24-26(25,15-7-2-1-3-8-15)20-13-22-23-19-11-10-17-16-9-5-4-6-14(16)12-18(17)21(19)20/h1-11,13H,12H2. The van der Waals surface area contributed by atoms with Crippen molar-refractivity contribution in [2.75, 3.05) is 0 Å². The van der Waals surface area contributed by atoms with Crippen molar-refractivity contribution in [2.45, 2.75) is 16.2 Å². The van der Waals surface area contributed by atoms with Crippen molar-refractivity contribution < 1.29 is 8.42 Å². The molecule has 1 aliphatic rings. The average molecular weight is 358 g/mol. The second-order valence-electron chi connectivity index (χ2n) is 6.35. The summed E-state index contributed by atoms with van der Waals surface area (Å²) in [4.78, 5) is 0.487. The highest BCUT2D eigenvalue weighted by Gasteiger charge is 2.27. The van der Waals surface area contributed by atoms with E-state index < -0.39 is 9.84 Å². The molecule has 0 radical (unpaired) electrons. The van der Waals surface area contributed by atoms with Gasteiger partial charge in [-0.1, -0.05) is 48.5 Å². The maximum Gasteiger partial charge on any atom is 0.208 e. The zero-order valence-electron chi connectivity index (χ0n) is 13.8. The van der Waals surface area contributed by atoms with Crippen LogP contribution in [0.3, 0.4) is 0 Å². The van der Waals surface area contributed by atoms with Crippen molar-refractivity contribution >= 4 is 20.7 Å². The van der Waals surface area contributed by atoms with Crippen molar-refractivity contribution in [1.29, 1.82) is 0 Å². The molecule has 5 rings (SSSR count). The molecule has 5 heteroatoms. The monoisotopic (exact) mass is 358 g/mol. The zero-order chi connectivity index (χ0) is 17.7. The maximum atomic E-state index is 13.3. The van der Waals surface area contributed by atoms with Gasteiger partial charge in [0.05, 0.1) is 16.6 Å². The number of aromatic nitrogens is 2. The molecular weight excluding hydrogens is 344 g/mol. The molecule has 0 unspecified atom stereocenters. The predicted octanol–water partition coefficient (Wildman–Crippen LogP) is 4.03. The van der Waals surface area contributed by atoms with E-state index in [1.807, 2.05) is 24.3 Å². The van der Waals surface area contributed by atoms with Crippen LogP contribution >= 0.6 is 0 Å². The van der Waals surface area contributed by atoms with E-state index >= 15 is 0 Å². The summed E-state index contributed by atoms with van der Waals surface area (Å²) in [6.07, 6.45) is 2.07. The van der Waals surface area contributed by atoms with Crippen LogP contribution in [0.15, 0.2) is 82.7 Å². The van der Waals surface area contributed by atoms with E-state index in [9.17, 15) is 8.42 Å². The molecule has 0 aliphatic heterocycles. The van der Waals surface area contributed by atoms with Crippen LogP contribution in [0, 0.1) is 0 Å². The van der Waals surface area contributed by atoms with Gasteiger partial charge >= 0.3 is 0 Å². The Morgan fingerprint density at radius 2 is 1.58 bits per heavy atom. The SMILES string of the molecule is O=S(=O)(c1ccccc1)c1cnnc2ccc3c(c12)Cc1ccccc1-3. The molecule has 3 aromatic carbocycles. The average Bonchev–Trinajstić information content (AvgIpc) is 3.07. The van der Waals surface area contributed by atoms with E-state index in [0.29, 0.717) is 17.3 Å². The number of sulfone groups is 1. The summed E-state index contributed by atoms with van der Waals surface area (Å²) in [5.74, 6) is 0. The number of rotatable bonds is 2. The van der Waals surface area contributed by atoms with Crippen molar-refractivity contribution in [3.05, 3.63) is 84.1 Å². The summed E-state index contributed by atoms with van der Waals surface area (Å²) in [5.41, 5.74) is 5.05. The summed E-state index contributed by atoms with van der Waals surface area (Å²) >= 11 is 0. The van der Waals surface area contributed by atoms with Gasteiger partial charge in [0.15, 0.2) is 0 Å². The Kier molecular flexibility index (Phi) is 3.21. The minimum atomic E-state index is -3.68. The quantitative estimate of drug-likeness (QED) is 0.478. The van der Waals surface area contributed by atoms with Crippen LogP contribution in [0.25, 0.3) is 22.0 Å². The Hall–Kier alpha value is -3.05. The first-order chi connectivity index (χ1) is 12.7. The van der Waals surface area contributed by atoms with E-state index in [-0.39, 0.29) is 9.79 Å². The van der Waals surface area contributed by atoms with E-state index in [2.05, 4.69) is 22.3 Å². The summed E-state index contributed by atoms with van der Waals surface area (Å²) in [5, 5.41) is 8.80. The molecule has 0 N–H and O–H groups in total. The van der Waals surface area contributed by atoms with Gasteiger partial charge in [-0.15, -0.1) is 0 Å². The highest BCUT2D eigenvalue weighted by Crippen LogP contribution is 2.42. The van der Waals surface area contributed by atoms with Gasteiger partial charge < -0.3 is 0 Å². The first-order valence-corrected chi connectivity index (χ1v) is 9.80. The summed E-state index contributed by atoms with van der Waals surface area (Å²) in [6.45, 7) is 0. The molecule has 0 bridgehead atoms. The highest BCUT2D eigenvalue weighted by atomic mass is 32.2. The van der Waals surface area contributed by atoms with Crippen molar-refractivity contribution in [2.24, 2.45) is 0 Å². The number of hydrogen-bond donors (Lipinski definition) is 0. The van der Waals surface area contributed by atoms with Crippen LogP contribution in [0.5, 0.6) is 0 Å². The van der Waals surface area contributed by atoms with Gasteiger partial charge in [-0.25, -0.2) is 8.42 Å². The van der Waals surface area contributed by atoms with Gasteiger partial charge in [0, 0.05) is 5.39 Å². The second-order valence-corrected chi connectivity index (χ2v) is 8.26. The lowest BCUT2D eigenvalue weighted by Crippen LogP contribution is -2.05. The molecule has 126 valence electrons. The molecule has 4 nitrogen and oxygen atoms in total. The second kappa shape index (κ2) is 5.47. The first-order valence-electron chi connectivity index (χ1n) is 8.32. The first kappa shape index (κ1) is 15.2. The molecule has 4 aromatic rings. The van der Waals surface area contributed by atoms with Crippen molar-refractivity contribution in [3.63, 3.8) is 0 Å². The lowest BCUT2D eigenvalue weighted by Gasteiger charge is -2.11. The lowest BCUT2D eigenvalue weighted by molar-refractivity contribution is 0.596. The largest absolute Gasteiger partial charge is 0.218 e. The fourth-order valence-electron chi connectivity index (χ4n) is 3.70. The van der Waals surface area contributed by atoms with E-state index in [1.54, 1.807) is 30.3 Å². The third kappa shape index (κ3) is 2.10. The maximum absolute atomic E-state index is 13.3. The number of hydrogen-bond acceptors (Lipinski definition) is 4. The summed E-state index contributed by atoms with van der Waals surface area (Å²) in [7, 11) is -3.68. The fourth-order valence-corrected chi connectivity index (χ4v) is 5.15. The van der Waals surface area contributed by atoms with Gasteiger partial charge in [-0.05, 0) is 46.9 Å². The van der Waals surface area contributed by atoms with E-state index in [4.69, 9.17) is 0 Å². The summed E-state index contributed by atoms with van der Waals surface area (Å²) < 4.78 is 26.5. The van der Waals surface area contributed by atoms with Gasteiger partial charge in [0.1, 0.15) is 4.90 Å². The van der Waals surface area contributed by atoms with E-state index in [1.165, 1.54) is 11.8 Å². The number of nitrogens with zero attached hydrogens (tertiary/aromatic N) is 2. The third-order valence-electron chi connectivity index (χ3n) is 4.90. The van der Waals surface area contributed by atoms with Crippen LogP contribution < -0.4 is 0 Å². The molecule has 1 heterocycles. The zero-order valence-corrected chi connectivity index (χ0v) is 14.6. The molecular formula is C21H14N2O2S. The topological polar surface area (TPSA) is 59.9 Å². The van der Waals surface area contributed by atoms with Gasteiger partial charge in [0.25, 0.3) is 0 Å². The van der Waals surface area contributed by atoms with Crippen molar-refractivity contribution in [3.8, 4) is 11.1 Å². The van der Waals surface area contributed by atoms with Gasteiger partial charge in [0.2, 0.25) is 9.84 Å². The molecule has 0 fully saturated rings. The molecule has 0 spiro atoms. The van der Waals surface area contributed by atoms with E-state index in [0.717, 1.165) is 16.7 Å². The summed E-state index contributed by atoms with van der Waals surface area (Å²) in [6, 6.07) is 20.5. The normalized spacial score (nSPS) is 12.8. The minimum Gasteiger partial charge on any atom is -0.218 e. The Morgan fingerprint density at radius 3 is 2.42 bits per heavy atom. The number of fused-ring (bicyclic) bond motifs is 5. The van der Waals surface area contributed by atoms with Crippen LogP contribution in [0.4, 0.5) is 0 Å². The fraction of sp³-hybridized carbons (Fsp3) is 0.0476. The molecule has 0 saturated heterocycles. The Balaban J connectivity index is 1.84. The van der Waals surface area contributed by atoms with Crippen LogP contribution in [-0.4, -0.2) is 18.6 Å². The predicted molar refractivity (Wildman–Crippen MR) is 99.7 cm³/mol. The van der Waals surface area contributed by atoms with Crippen LogP contribution in [0.2, 0.25) is 0 Å². The number of benzene rings is 3. The van der Waals surface area contributed by atoms with Crippen LogP contribution in [0.1, 0.15) is 11.1 Å². The van der Waals surface area contributed by atoms with Crippen LogP contribution in [-0.2, 0) is 16.3 Å². The molecule has 1 aromatic heterocycles. The molecule has 0 amide bonds. The molecule has 0 saturated carbocycles.